The molecule has 3 N–H and O–H groups in total. The van der Waals surface area contributed by atoms with Crippen LogP contribution in [0.4, 0.5) is 0 Å². The number of ether oxygens (including phenoxy) is 1. The largest absolute Gasteiger partial charge is 0.493 e. The molecule has 1 fully saturated rings. The van der Waals surface area contributed by atoms with Crippen molar-refractivity contribution in [3.05, 3.63) is 29.3 Å². The first kappa shape index (κ1) is 17.3. The van der Waals surface area contributed by atoms with Crippen molar-refractivity contribution in [2.45, 2.75) is 52.0 Å². The van der Waals surface area contributed by atoms with Gasteiger partial charge in [-0.05, 0) is 49.9 Å². The molecule has 0 aromatic heterocycles. The van der Waals surface area contributed by atoms with E-state index in [-0.39, 0.29) is 30.2 Å². The number of carbonyl (C=O) groups is 2. The Kier molecular flexibility index (Phi) is 6.02. The van der Waals surface area contributed by atoms with Crippen LogP contribution in [0.1, 0.15) is 43.2 Å². The molecule has 0 spiro atoms. The van der Waals surface area contributed by atoms with Gasteiger partial charge in [-0.25, -0.2) is 0 Å². The molecule has 0 bridgehead atoms. The predicted molar refractivity (Wildman–Crippen MR) is 89.1 cm³/mol. The molecule has 0 aliphatic heterocycles. The van der Waals surface area contributed by atoms with Gasteiger partial charge < -0.3 is 15.8 Å². The Labute approximate surface area is 137 Å². The second kappa shape index (κ2) is 7.99. The Balaban J connectivity index is 1.78. The van der Waals surface area contributed by atoms with E-state index in [2.05, 4.69) is 5.32 Å². The van der Waals surface area contributed by atoms with Crippen LogP contribution in [0.5, 0.6) is 5.75 Å². The van der Waals surface area contributed by atoms with Crippen LogP contribution in [0.25, 0.3) is 0 Å². The fourth-order valence-corrected chi connectivity index (χ4v) is 2.99. The van der Waals surface area contributed by atoms with Crippen LogP contribution in [0.15, 0.2) is 18.2 Å². The fraction of sp³-hybridized carbons (Fsp3) is 0.556. The molecule has 2 atom stereocenters. The van der Waals surface area contributed by atoms with E-state index in [4.69, 9.17) is 10.5 Å². The van der Waals surface area contributed by atoms with Crippen molar-refractivity contribution in [1.82, 2.24) is 5.32 Å². The van der Waals surface area contributed by atoms with Crippen molar-refractivity contribution in [2.75, 3.05) is 6.61 Å². The molecule has 2 amide bonds. The standard InChI is InChI=1S/C18H26N2O3/c1-12-7-8-14(11-13(12)2)23-10-9-17(21)20-16-6-4-3-5-15(16)18(19)22/h7-8,11,15-16H,3-6,9-10H2,1-2H3,(H2,19,22)(H,20,21)/t15-,16-/m0/s1. The molecule has 0 unspecified atom stereocenters. The lowest BCUT2D eigenvalue weighted by molar-refractivity contribution is -0.126. The lowest BCUT2D eigenvalue weighted by Gasteiger charge is -2.29. The van der Waals surface area contributed by atoms with Crippen molar-refractivity contribution in [1.29, 1.82) is 0 Å². The summed E-state index contributed by atoms with van der Waals surface area (Å²) in [5.74, 6) is 0.121. The van der Waals surface area contributed by atoms with Crippen LogP contribution < -0.4 is 15.8 Å². The summed E-state index contributed by atoms with van der Waals surface area (Å²) in [7, 11) is 0. The Hall–Kier alpha value is -2.04. The number of nitrogens with one attached hydrogen (secondary N) is 1. The van der Waals surface area contributed by atoms with Crippen LogP contribution >= 0.6 is 0 Å². The Morgan fingerprint density at radius 3 is 2.65 bits per heavy atom. The minimum absolute atomic E-state index is 0.0908. The van der Waals surface area contributed by atoms with Gasteiger partial charge in [0.15, 0.2) is 0 Å². The molecule has 126 valence electrons. The van der Waals surface area contributed by atoms with Gasteiger partial charge in [0.25, 0.3) is 0 Å². The minimum Gasteiger partial charge on any atom is -0.493 e. The highest BCUT2D eigenvalue weighted by molar-refractivity contribution is 5.80. The van der Waals surface area contributed by atoms with E-state index in [9.17, 15) is 9.59 Å². The lowest BCUT2D eigenvalue weighted by atomic mass is 9.84. The van der Waals surface area contributed by atoms with Gasteiger partial charge in [-0.15, -0.1) is 0 Å². The number of aryl methyl sites for hydroxylation is 2. The molecular formula is C18H26N2O3. The first-order valence-electron chi connectivity index (χ1n) is 8.26. The van der Waals surface area contributed by atoms with Crippen molar-refractivity contribution < 1.29 is 14.3 Å². The van der Waals surface area contributed by atoms with Gasteiger partial charge in [-0.2, -0.15) is 0 Å². The summed E-state index contributed by atoms with van der Waals surface area (Å²) in [6, 6.07) is 5.75. The molecule has 1 aromatic carbocycles. The summed E-state index contributed by atoms with van der Waals surface area (Å²) >= 11 is 0. The zero-order valence-electron chi connectivity index (χ0n) is 13.9. The van der Waals surface area contributed by atoms with E-state index in [0.717, 1.165) is 31.4 Å². The van der Waals surface area contributed by atoms with Crippen LogP contribution in [0.2, 0.25) is 0 Å². The third kappa shape index (κ3) is 4.98. The van der Waals surface area contributed by atoms with E-state index >= 15 is 0 Å². The average Bonchev–Trinajstić information content (AvgIpc) is 2.51. The third-order valence-corrected chi connectivity index (χ3v) is 4.55. The first-order chi connectivity index (χ1) is 11.0. The minimum atomic E-state index is -0.318. The molecule has 1 aliphatic carbocycles. The van der Waals surface area contributed by atoms with Crippen LogP contribution in [0.3, 0.4) is 0 Å². The molecule has 0 heterocycles. The van der Waals surface area contributed by atoms with Gasteiger partial charge in [0, 0.05) is 6.04 Å². The van der Waals surface area contributed by atoms with Crippen molar-refractivity contribution >= 4 is 11.8 Å². The first-order valence-corrected chi connectivity index (χ1v) is 8.26. The van der Waals surface area contributed by atoms with Gasteiger partial charge >= 0.3 is 0 Å². The quantitative estimate of drug-likeness (QED) is 0.844. The molecule has 5 heteroatoms. The summed E-state index contributed by atoms with van der Waals surface area (Å²) in [5, 5.41) is 2.94. The molecule has 23 heavy (non-hydrogen) atoms. The maximum absolute atomic E-state index is 12.0. The molecule has 2 rings (SSSR count). The van der Waals surface area contributed by atoms with Crippen molar-refractivity contribution in [2.24, 2.45) is 11.7 Å². The molecule has 5 nitrogen and oxygen atoms in total. The topological polar surface area (TPSA) is 81.4 Å². The van der Waals surface area contributed by atoms with Crippen LogP contribution in [-0.2, 0) is 9.59 Å². The highest BCUT2D eigenvalue weighted by Crippen LogP contribution is 2.24. The highest BCUT2D eigenvalue weighted by Gasteiger charge is 2.30. The van der Waals surface area contributed by atoms with Crippen molar-refractivity contribution in [3.8, 4) is 5.75 Å². The molecule has 1 aromatic rings. The number of hydrogen-bond donors (Lipinski definition) is 2. The van der Waals surface area contributed by atoms with Gasteiger partial charge in [-0.3, -0.25) is 9.59 Å². The van der Waals surface area contributed by atoms with E-state index in [1.165, 1.54) is 11.1 Å². The van der Waals surface area contributed by atoms with Crippen LogP contribution in [0, 0.1) is 19.8 Å². The lowest BCUT2D eigenvalue weighted by Crippen LogP contribution is -2.47. The molecule has 0 saturated heterocycles. The number of amides is 2. The summed E-state index contributed by atoms with van der Waals surface area (Å²) in [6.07, 6.45) is 3.87. The molecule has 1 saturated carbocycles. The second-order valence-corrected chi connectivity index (χ2v) is 6.31. The van der Waals surface area contributed by atoms with Gasteiger partial charge in [0.1, 0.15) is 5.75 Å². The molecular weight excluding hydrogens is 292 g/mol. The summed E-state index contributed by atoms with van der Waals surface area (Å²) in [5.41, 5.74) is 7.80. The van der Waals surface area contributed by atoms with E-state index in [1.54, 1.807) is 0 Å². The van der Waals surface area contributed by atoms with Crippen molar-refractivity contribution in [3.63, 3.8) is 0 Å². The zero-order valence-corrected chi connectivity index (χ0v) is 13.9. The smallest absolute Gasteiger partial charge is 0.223 e. The molecule has 0 radical (unpaired) electrons. The normalized spacial score (nSPS) is 20.8. The number of primary amides is 1. The second-order valence-electron chi connectivity index (χ2n) is 6.31. The maximum atomic E-state index is 12.0. The summed E-state index contributed by atoms with van der Waals surface area (Å²) in [4.78, 5) is 23.5. The summed E-state index contributed by atoms with van der Waals surface area (Å²) < 4.78 is 5.62. The van der Waals surface area contributed by atoms with Gasteiger partial charge in [-0.1, -0.05) is 18.9 Å². The number of carbonyl (C=O) groups excluding carboxylic acids is 2. The third-order valence-electron chi connectivity index (χ3n) is 4.55. The SMILES string of the molecule is Cc1ccc(OCCC(=O)N[C@H]2CCCC[C@@H]2C(N)=O)cc1C. The Morgan fingerprint density at radius 2 is 1.96 bits per heavy atom. The zero-order chi connectivity index (χ0) is 16.8. The predicted octanol–water partition coefficient (Wildman–Crippen LogP) is 2.23. The van der Waals surface area contributed by atoms with Gasteiger partial charge in [0.2, 0.25) is 11.8 Å². The van der Waals surface area contributed by atoms with Crippen LogP contribution in [-0.4, -0.2) is 24.5 Å². The Bertz CT molecular complexity index is 571. The van der Waals surface area contributed by atoms with E-state index in [1.807, 2.05) is 32.0 Å². The number of hydrogen-bond acceptors (Lipinski definition) is 3. The van der Waals surface area contributed by atoms with Gasteiger partial charge in [0.05, 0.1) is 18.9 Å². The Morgan fingerprint density at radius 1 is 1.22 bits per heavy atom. The van der Waals surface area contributed by atoms with E-state index in [0.29, 0.717) is 6.61 Å². The fourth-order valence-electron chi connectivity index (χ4n) is 2.99. The highest BCUT2D eigenvalue weighted by atomic mass is 16.5. The maximum Gasteiger partial charge on any atom is 0.223 e. The average molecular weight is 318 g/mol. The number of nitrogens with two attached hydrogens (primary N) is 1. The molecule has 1 aliphatic rings. The number of benzene rings is 1. The summed E-state index contributed by atoms with van der Waals surface area (Å²) in [6.45, 7) is 4.40. The van der Waals surface area contributed by atoms with E-state index < -0.39 is 0 Å². The number of rotatable bonds is 6. The monoisotopic (exact) mass is 318 g/mol.